The molecule has 3 N–H and O–H groups in total. The van der Waals surface area contributed by atoms with E-state index in [2.05, 4.69) is 19.2 Å². The number of rotatable bonds is 7. The number of anilines is 2. The standard InChI is InChI=1S/C15H24N2O2/c1-4-5-11(2)9-19-10-15(18)17-13-7-6-12(3)14(16)8-13/h6-8,11H,4-5,9-10,16H2,1-3H3,(H,17,18). The predicted molar refractivity (Wildman–Crippen MR) is 79.1 cm³/mol. The number of nitrogens with two attached hydrogens (primary N) is 1. The predicted octanol–water partition coefficient (Wildman–Crippen LogP) is 2.97. The van der Waals surface area contributed by atoms with E-state index in [1.165, 1.54) is 0 Å². The Kier molecular flexibility index (Phi) is 6.36. The second-order valence-corrected chi connectivity index (χ2v) is 5.03. The van der Waals surface area contributed by atoms with Crippen LogP contribution in [0.2, 0.25) is 0 Å². The molecule has 0 aliphatic carbocycles. The quantitative estimate of drug-likeness (QED) is 0.744. The van der Waals surface area contributed by atoms with Crippen LogP contribution in [-0.2, 0) is 9.53 Å². The second-order valence-electron chi connectivity index (χ2n) is 5.03. The first-order valence-corrected chi connectivity index (χ1v) is 6.76. The van der Waals surface area contributed by atoms with Gasteiger partial charge in [0, 0.05) is 18.0 Å². The molecule has 1 aromatic carbocycles. The van der Waals surface area contributed by atoms with Crippen molar-refractivity contribution in [2.75, 3.05) is 24.3 Å². The van der Waals surface area contributed by atoms with Crippen molar-refractivity contribution in [1.82, 2.24) is 0 Å². The normalized spacial score (nSPS) is 12.2. The van der Waals surface area contributed by atoms with Crippen LogP contribution in [0.1, 0.15) is 32.3 Å². The first kappa shape index (κ1) is 15.5. The van der Waals surface area contributed by atoms with Gasteiger partial charge >= 0.3 is 0 Å². The van der Waals surface area contributed by atoms with Crippen LogP contribution in [0, 0.1) is 12.8 Å². The Morgan fingerprint density at radius 3 is 2.84 bits per heavy atom. The summed E-state index contributed by atoms with van der Waals surface area (Å²) in [6, 6.07) is 5.48. The van der Waals surface area contributed by atoms with Gasteiger partial charge in [-0.05, 0) is 37.0 Å². The van der Waals surface area contributed by atoms with Crippen molar-refractivity contribution >= 4 is 17.3 Å². The maximum absolute atomic E-state index is 11.7. The van der Waals surface area contributed by atoms with E-state index in [-0.39, 0.29) is 12.5 Å². The van der Waals surface area contributed by atoms with E-state index in [0.29, 0.717) is 23.9 Å². The molecular weight excluding hydrogens is 240 g/mol. The Morgan fingerprint density at radius 1 is 1.47 bits per heavy atom. The summed E-state index contributed by atoms with van der Waals surface area (Å²) in [5.41, 5.74) is 8.17. The summed E-state index contributed by atoms with van der Waals surface area (Å²) in [5.74, 6) is 0.347. The van der Waals surface area contributed by atoms with Crippen molar-refractivity contribution in [3.63, 3.8) is 0 Å². The molecule has 0 aliphatic rings. The van der Waals surface area contributed by atoms with E-state index >= 15 is 0 Å². The van der Waals surface area contributed by atoms with E-state index in [1.54, 1.807) is 6.07 Å². The number of hydrogen-bond acceptors (Lipinski definition) is 3. The topological polar surface area (TPSA) is 64.3 Å². The Hall–Kier alpha value is -1.55. The van der Waals surface area contributed by atoms with Crippen LogP contribution in [0.3, 0.4) is 0 Å². The van der Waals surface area contributed by atoms with E-state index in [9.17, 15) is 4.79 Å². The first-order valence-electron chi connectivity index (χ1n) is 6.76. The first-order chi connectivity index (χ1) is 9.02. The maximum atomic E-state index is 11.7. The average Bonchev–Trinajstić information content (AvgIpc) is 2.34. The molecule has 0 aromatic heterocycles. The number of ether oxygens (including phenoxy) is 1. The van der Waals surface area contributed by atoms with E-state index in [0.717, 1.165) is 18.4 Å². The highest BCUT2D eigenvalue weighted by Gasteiger charge is 2.06. The van der Waals surface area contributed by atoms with Gasteiger partial charge in [-0.3, -0.25) is 4.79 Å². The van der Waals surface area contributed by atoms with Crippen LogP contribution in [-0.4, -0.2) is 19.1 Å². The zero-order chi connectivity index (χ0) is 14.3. The summed E-state index contributed by atoms with van der Waals surface area (Å²) in [7, 11) is 0. The lowest BCUT2D eigenvalue weighted by molar-refractivity contribution is -0.121. The Bertz CT molecular complexity index is 419. The maximum Gasteiger partial charge on any atom is 0.250 e. The number of carbonyl (C=O) groups excluding carboxylic acids is 1. The fraction of sp³-hybridized carbons (Fsp3) is 0.533. The molecule has 0 spiro atoms. The molecule has 1 amide bonds. The number of amides is 1. The van der Waals surface area contributed by atoms with E-state index in [4.69, 9.17) is 10.5 Å². The van der Waals surface area contributed by atoms with Gasteiger partial charge < -0.3 is 15.8 Å². The van der Waals surface area contributed by atoms with Crippen molar-refractivity contribution in [3.8, 4) is 0 Å². The summed E-state index contributed by atoms with van der Waals surface area (Å²) in [6.07, 6.45) is 2.26. The van der Waals surface area contributed by atoms with Gasteiger partial charge in [-0.25, -0.2) is 0 Å². The van der Waals surface area contributed by atoms with E-state index in [1.807, 2.05) is 19.1 Å². The van der Waals surface area contributed by atoms with Gasteiger partial charge in [-0.1, -0.05) is 26.3 Å². The summed E-state index contributed by atoms with van der Waals surface area (Å²) >= 11 is 0. The molecule has 0 saturated carbocycles. The molecule has 0 bridgehead atoms. The summed E-state index contributed by atoms with van der Waals surface area (Å²) in [6.45, 7) is 6.91. The van der Waals surface area contributed by atoms with Crippen LogP contribution in [0.5, 0.6) is 0 Å². The zero-order valence-electron chi connectivity index (χ0n) is 12.0. The average molecular weight is 264 g/mol. The smallest absolute Gasteiger partial charge is 0.250 e. The van der Waals surface area contributed by atoms with Crippen LogP contribution in [0.25, 0.3) is 0 Å². The number of nitrogens with one attached hydrogen (secondary N) is 1. The number of carbonyl (C=O) groups is 1. The number of hydrogen-bond donors (Lipinski definition) is 2. The molecule has 0 fully saturated rings. The lowest BCUT2D eigenvalue weighted by Crippen LogP contribution is -2.20. The minimum Gasteiger partial charge on any atom is -0.398 e. The Balaban J connectivity index is 2.33. The molecule has 0 heterocycles. The monoisotopic (exact) mass is 264 g/mol. The molecule has 4 nitrogen and oxygen atoms in total. The molecule has 1 atom stereocenters. The van der Waals surface area contributed by atoms with Crippen molar-refractivity contribution in [2.24, 2.45) is 5.92 Å². The molecule has 0 saturated heterocycles. The van der Waals surface area contributed by atoms with Gasteiger partial charge in [0.25, 0.3) is 0 Å². The van der Waals surface area contributed by atoms with E-state index < -0.39 is 0 Å². The molecule has 19 heavy (non-hydrogen) atoms. The van der Waals surface area contributed by atoms with Gasteiger partial charge in [-0.2, -0.15) is 0 Å². The molecule has 4 heteroatoms. The largest absolute Gasteiger partial charge is 0.398 e. The highest BCUT2D eigenvalue weighted by molar-refractivity contribution is 5.92. The number of nitrogen functional groups attached to an aromatic ring is 1. The van der Waals surface area contributed by atoms with Crippen molar-refractivity contribution < 1.29 is 9.53 Å². The number of benzene rings is 1. The zero-order valence-corrected chi connectivity index (χ0v) is 12.0. The molecule has 0 aliphatic heterocycles. The van der Waals surface area contributed by atoms with Gasteiger partial charge in [0.2, 0.25) is 5.91 Å². The fourth-order valence-corrected chi connectivity index (χ4v) is 1.84. The van der Waals surface area contributed by atoms with Gasteiger partial charge in [0.1, 0.15) is 6.61 Å². The Morgan fingerprint density at radius 2 is 2.21 bits per heavy atom. The summed E-state index contributed by atoms with van der Waals surface area (Å²) in [4.78, 5) is 11.7. The minimum absolute atomic E-state index is 0.0852. The van der Waals surface area contributed by atoms with Crippen molar-refractivity contribution in [1.29, 1.82) is 0 Å². The fourth-order valence-electron chi connectivity index (χ4n) is 1.84. The number of aryl methyl sites for hydroxylation is 1. The molecule has 0 radical (unpaired) electrons. The Labute approximate surface area is 115 Å². The van der Waals surface area contributed by atoms with Gasteiger partial charge in [0.05, 0.1) is 0 Å². The van der Waals surface area contributed by atoms with Gasteiger partial charge in [-0.15, -0.1) is 0 Å². The van der Waals surface area contributed by atoms with Crippen molar-refractivity contribution in [2.45, 2.75) is 33.6 Å². The molecule has 106 valence electrons. The third-order valence-electron chi connectivity index (χ3n) is 2.98. The van der Waals surface area contributed by atoms with Crippen molar-refractivity contribution in [3.05, 3.63) is 23.8 Å². The SMILES string of the molecule is CCCC(C)COCC(=O)Nc1ccc(C)c(N)c1. The highest BCUT2D eigenvalue weighted by atomic mass is 16.5. The van der Waals surface area contributed by atoms with Crippen LogP contribution in [0.15, 0.2) is 18.2 Å². The van der Waals surface area contributed by atoms with Crippen LogP contribution in [0.4, 0.5) is 11.4 Å². The third-order valence-corrected chi connectivity index (χ3v) is 2.98. The molecule has 1 unspecified atom stereocenters. The van der Waals surface area contributed by atoms with Crippen LogP contribution < -0.4 is 11.1 Å². The lowest BCUT2D eigenvalue weighted by Gasteiger charge is -2.11. The summed E-state index contributed by atoms with van der Waals surface area (Å²) in [5, 5.41) is 2.77. The highest BCUT2D eigenvalue weighted by Crippen LogP contribution is 2.16. The van der Waals surface area contributed by atoms with Crippen LogP contribution >= 0.6 is 0 Å². The summed E-state index contributed by atoms with van der Waals surface area (Å²) < 4.78 is 5.39. The third kappa shape index (κ3) is 5.75. The molecule has 1 aromatic rings. The molecular formula is C15H24N2O2. The second kappa shape index (κ2) is 7.79. The minimum atomic E-state index is -0.146. The lowest BCUT2D eigenvalue weighted by atomic mass is 10.1. The van der Waals surface area contributed by atoms with Gasteiger partial charge in [0.15, 0.2) is 0 Å². The molecule has 1 rings (SSSR count).